The summed E-state index contributed by atoms with van der Waals surface area (Å²) in [6, 6.07) is 4.87. The second-order valence-electron chi connectivity index (χ2n) is 5.13. The van der Waals surface area contributed by atoms with Gasteiger partial charge in [0.1, 0.15) is 11.3 Å². The maximum absolute atomic E-state index is 5.95. The highest BCUT2D eigenvalue weighted by Crippen LogP contribution is 2.28. The summed E-state index contributed by atoms with van der Waals surface area (Å²) >= 11 is 0. The van der Waals surface area contributed by atoms with E-state index in [0.717, 1.165) is 17.9 Å². The summed E-state index contributed by atoms with van der Waals surface area (Å²) in [5.41, 5.74) is 4.89. The van der Waals surface area contributed by atoms with Crippen LogP contribution in [0.3, 0.4) is 0 Å². The monoisotopic (exact) mass is 231 g/mol. The first-order valence-corrected chi connectivity index (χ1v) is 6.21. The molecule has 1 aromatic carbocycles. The minimum atomic E-state index is 0.479. The zero-order valence-electron chi connectivity index (χ0n) is 11.3. The molecule has 17 heavy (non-hydrogen) atoms. The van der Waals surface area contributed by atoms with Gasteiger partial charge in [0.25, 0.3) is 0 Å². The molecule has 1 heterocycles. The Kier molecular flexibility index (Phi) is 3.25. The average molecular weight is 231 g/mol. The van der Waals surface area contributed by atoms with Gasteiger partial charge in [-0.05, 0) is 43.5 Å². The van der Waals surface area contributed by atoms with Gasteiger partial charge in [0.05, 0.1) is 6.54 Å². The standard InChI is InChI=1S/C15H21NO/c1-9(2)16-8-13-7-14-11(4)6-10(3)12(5)15(14)17-13/h6-7,9,16H,8H2,1-5H3. The van der Waals surface area contributed by atoms with E-state index in [4.69, 9.17) is 4.42 Å². The molecule has 0 saturated carbocycles. The summed E-state index contributed by atoms with van der Waals surface area (Å²) < 4.78 is 5.95. The molecule has 0 spiro atoms. The molecule has 2 rings (SSSR count). The molecule has 2 aromatic rings. The Morgan fingerprint density at radius 2 is 1.82 bits per heavy atom. The number of nitrogens with one attached hydrogen (secondary N) is 1. The largest absolute Gasteiger partial charge is 0.459 e. The summed E-state index contributed by atoms with van der Waals surface area (Å²) in [6.07, 6.45) is 0. The normalized spacial score (nSPS) is 11.6. The first kappa shape index (κ1) is 12.2. The van der Waals surface area contributed by atoms with E-state index in [1.54, 1.807) is 0 Å². The van der Waals surface area contributed by atoms with Gasteiger partial charge in [-0.25, -0.2) is 0 Å². The van der Waals surface area contributed by atoms with Gasteiger partial charge in [0, 0.05) is 11.4 Å². The lowest BCUT2D eigenvalue weighted by atomic mass is 10.0. The third-order valence-electron chi connectivity index (χ3n) is 3.26. The summed E-state index contributed by atoms with van der Waals surface area (Å²) in [5.74, 6) is 1.02. The molecule has 0 radical (unpaired) electrons. The van der Waals surface area contributed by atoms with Crippen molar-refractivity contribution in [1.82, 2.24) is 5.32 Å². The molecule has 92 valence electrons. The molecule has 2 heteroatoms. The molecule has 1 N–H and O–H groups in total. The number of aryl methyl sites for hydroxylation is 3. The van der Waals surface area contributed by atoms with Crippen LogP contribution in [0.5, 0.6) is 0 Å². The minimum absolute atomic E-state index is 0.479. The molecule has 0 aliphatic rings. The summed E-state index contributed by atoms with van der Waals surface area (Å²) in [6.45, 7) is 11.5. The lowest BCUT2D eigenvalue weighted by molar-refractivity contribution is 0.487. The summed E-state index contributed by atoms with van der Waals surface area (Å²) in [5, 5.41) is 4.63. The van der Waals surface area contributed by atoms with Gasteiger partial charge >= 0.3 is 0 Å². The highest BCUT2D eigenvalue weighted by molar-refractivity contribution is 5.85. The van der Waals surface area contributed by atoms with Crippen molar-refractivity contribution in [1.29, 1.82) is 0 Å². The molecule has 0 bridgehead atoms. The van der Waals surface area contributed by atoms with Crippen LogP contribution in [-0.4, -0.2) is 6.04 Å². The average Bonchev–Trinajstić information content (AvgIpc) is 2.68. The fraction of sp³-hybridized carbons (Fsp3) is 0.467. The van der Waals surface area contributed by atoms with Gasteiger partial charge < -0.3 is 9.73 Å². The van der Waals surface area contributed by atoms with Crippen LogP contribution in [0.4, 0.5) is 0 Å². The Hall–Kier alpha value is -1.28. The predicted molar refractivity (Wildman–Crippen MR) is 72.4 cm³/mol. The SMILES string of the molecule is Cc1cc(C)c2cc(CNC(C)C)oc2c1C. The molecule has 0 aliphatic carbocycles. The Morgan fingerprint density at radius 1 is 1.12 bits per heavy atom. The molecule has 2 nitrogen and oxygen atoms in total. The van der Waals surface area contributed by atoms with E-state index < -0.39 is 0 Å². The van der Waals surface area contributed by atoms with E-state index in [1.165, 1.54) is 22.1 Å². The first-order chi connectivity index (χ1) is 7.99. The van der Waals surface area contributed by atoms with Crippen molar-refractivity contribution in [3.8, 4) is 0 Å². The van der Waals surface area contributed by atoms with Crippen molar-refractivity contribution < 1.29 is 4.42 Å². The summed E-state index contributed by atoms with van der Waals surface area (Å²) in [7, 11) is 0. The predicted octanol–water partition coefficient (Wildman–Crippen LogP) is 3.86. The molecule has 0 fully saturated rings. The van der Waals surface area contributed by atoms with E-state index in [1.807, 2.05) is 0 Å². The second-order valence-corrected chi connectivity index (χ2v) is 5.13. The number of furan rings is 1. The molecule has 0 unspecified atom stereocenters. The van der Waals surface area contributed by atoms with Crippen LogP contribution in [0, 0.1) is 20.8 Å². The van der Waals surface area contributed by atoms with Crippen molar-refractivity contribution in [2.45, 2.75) is 47.2 Å². The lowest BCUT2D eigenvalue weighted by Crippen LogP contribution is -2.21. The molecule has 1 aromatic heterocycles. The third-order valence-corrected chi connectivity index (χ3v) is 3.26. The highest BCUT2D eigenvalue weighted by Gasteiger charge is 2.10. The van der Waals surface area contributed by atoms with Crippen LogP contribution >= 0.6 is 0 Å². The van der Waals surface area contributed by atoms with Crippen molar-refractivity contribution in [3.05, 3.63) is 34.6 Å². The molecule has 0 amide bonds. The van der Waals surface area contributed by atoms with Crippen LogP contribution in [-0.2, 0) is 6.54 Å². The minimum Gasteiger partial charge on any atom is -0.459 e. The van der Waals surface area contributed by atoms with Crippen molar-refractivity contribution >= 4 is 11.0 Å². The van der Waals surface area contributed by atoms with Crippen LogP contribution < -0.4 is 5.32 Å². The summed E-state index contributed by atoms with van der Waals surface area (Å²) in [4.78, 5) is 0. The zero-order valence-corrected chi connectivity index (χ0v) is 11.3. The quantitative estimate of drug-likeness (QED) is 0.867. The number of hydrogen-bond acceptors (Lipinski definition) is 2. The third kappa shape index (κ3) is 2.37. The lowest BCUT2D eigenvalue weighted by Gasteiger charge is -2.04. The maximum atomic E-state index is 5.95. The van der Waals surface area contributed by atoms with Crippen molar-refractivity contribution in [2.24, 2.45) is 0 Å². The molecular formula is C15H21NO. The number of benzene rings is 1. The number of fused-ring (bicyclic) bond motifs is 1. The second kappa shape index (κ2) is 4.53. The van der Waals surface area contributed by atoms with Gasteiger partial charge in [-0.15, -0.1) is 0 Å². The number of rotatable bonds is 3. The van der Waals surface area contributed by atoms with Gasteiger partial charge in [-0.2, -0.15) is 0 Å². The van der Waals surface area contributed by atoms with Crippen LogP contribution in [0.15, 0.2) is 16.5 Å². The Balaban J connectivity index is 2.43. The fourth-order valence-electron chi connectivity index (χ4n) is 2.10. The smallest absolute Gasteiger partial charge is 0.137 e. The highest BCUT2D eigenvalue weighted by atomic mass is 16.3. The number of hydrogen-bond donors (Lipinski definition) is 1. The zero-order chi connectivity index (χ0) is 12.6. The van der Waals surface area contributed by atoms with E-state index in [9.17, 15) is 0 Å². The van der Waals surface area contributed by atoms with Crippen molar-refractivity contribution in [2.75, 3.05) is 0 Å². The van der Waals surface area contributed by atoms with Crippen LogP contribution in [0.25, 0.3) is 11.0 Å². The van der Waals surface area contributed by atoms with Crippen LogP contribution in [0.2, 0.25) is 0 Å². The molecule has 0 saturated heterocycles. The van der Waals surface area contributed by atoms with E-state index in [-0.39, 0.29) is 0 Å². The Morgan fingerprint density at radius 3 is 2.47 bits per heavy atom. The Labute approximate surface area is 103 Å². The molecule has 0 atom stereocenters. The molecular weight excluding hydrogens is 210 g/mol. The topological polar surface area (TPSA) is 25.2 Å². The van der Waals surface area contributed by atoms with Crippen LogP contribution in [0.1, 0.15) is 36.3 Å². The van der Waals surface area contributed by atoms with E-state index in [2.05, 4.69) is 52.1 Å². The van der Waals surface area contributed by atoms with Gasteiger partial charge in [-0.1, -0.05) is 19.9 Å². The van der Waals surface area contributed by atoms with Gasteiger partial charge in [0.2, 0.25) is 0 Å². The van der Waals surface area contributed by atoms with Gasteiger partial charge in [-0.3, -0.25) is 0 Å². The van der Waals surface area contributed by atoms with E-state index in [0.29, 0.717) is 6.04 Å². The fourth-order valence-corrected chi connectivity index (χ4v) is 2.10. The first-order valence-electron chi connectivity index (χ1n) is 6.21. The Bertz CT molecular complexity index is 537. The maximum Gasteiger partial charge on any atom is 0.137 e. The molecule has 0 aliphatic heterocycles. The van der Waals surface area contributed by atoms with E-state index >= 15 is 0 Å². The van der Waals surface area contributed by atoms with Crippen molar-refractivity contribution in [3.63, 3.8) is 0 Å². The van der Waals surface area contributed by atoms with Gasteiger partial charge in [0.15, 0.2) is 0 Å².